The Morgan fingerprint density at radius 1 is 1.50 bits per heavy atom. The second-order valence-corrected chi connectivity index (χ2v) is 5.30. The minimum Gasteiger partial charge on any atom is -0.479 e. The number of amides is 1. The zero-order valence-corrected chi connectivity index (χ0v) is 10.7. The number of rotatable bonds is 3. The van der Waals surface area contributed by atoms with Crippen LogP contribution >= 0.6 is 11.8 Å². The number of fused-ring (bicyclic) bond motifs is 1. The van der Waals surface area contributed by atoms with E-state index in [1.165, 1.54) is 6.92 Å². The monoisotopic (exact) mass is 266 g/mol. The average Bonchev–Trinajstić information content (AvgIpc) is 2.71. The number of aliphatic carboxylic acids is 1. The molecule has 3 N–H and O–H groups in total. The summed E-state index contributed by atoms with van der Waals surface area (Å²) in [6.07, 6.45) is 0.797. The molecule has 6 heteroatoms. The third kappa shape index (κ3) is 2.49. The molecule has 1 heterocycles. The molecule has 5 nitrogen and oxygen atoms in total. The van der Waals surface area contributed by atoms with E-state index >= 15 is 0 Å². The maximum atomic E-state index is 11.4. The lowest BCUT2D eigenvalue weighted by Gasteiger charge is -2.15. The number of anilines is 1. The number of nitrogens with two attached hydrogens (primary N) is 1. The summed E-state index contributed by atoms with van der Waals surface area (Å²) < 4.78 is 0. The summed E-state index contributed by atoms with van der Waals surface area (Å²) in [7, 11) is 0. The van der Waals surface area contributed by atoms with Crippen LogP contribution in [0.25, 0.3) is 0 Å². The van der Waals surface area contributed by atoms with Crippen LogP contribution in [-0.2, 0) is 16.0 Å². The summed E-state index contributed by atoms with van der Waals surface area (Å²) in [5, 5.41) is 7.79. The lowest BCUT2D eigenvalue weighted by Crippen LogP contribution is -2.26. The molecule has 0 radical (unpaired) electrons. The zero-order chi connectivity index (χ0) is 13.3. The Bertz CT molecular complexity index is 504. The van der Waals surface area contributed by atoms with E-state index in [1.807, 2.05) is 12.1 Å². The Morgan fingerprint density at radius 3 is 2.83 bits per heavy atom. The Morgan fingerprint density at radius 2 is 2.22 bits per heavy atom. The molecular formula is C12H14N2O3S. The quantitative estimate of drug-likeness (QED) is 0.631. The molecule has 1 aromatic carbocycles. The van der Waals surface area contributed by atoms with Crippen LogP contribution in [0.1, 0.15) is 12.5 Å². The van der Waals surface area contributed by atoms with Crippen molar-refractivity contribution in [1.82, 2.24) is 0 Å². The van der Waals surface area contributed by atoms with E-state index in [2.05, 4.69) is 0 Å². The van der Waals surface area contributed by atoms with Gasteiger partial charge in [0.15, 0.2) is 5.37 Å². The predicted molar refractivity (Wildman–Crippen MR) is 69.6 cm³/mol. The Balaban J connectivity index is 2.19. The summed E-state index contributed by atoms with van der Waals surface area (Å²) >= 11 is 1.10. The van der Waals surface area contributed by atoms with Crippen LogP contribution in [0.3, 0.4) is 0 Å². The number of hydrogen-bond donors (Lipinski definition) is 2. The minimum atomic E-state index is -1.04. The molecule has 1 unspecified atom stereocenters. The molecule has 18 heavy (non-hydrogen) atoms. The molecule has 1 aliphatic heterocycles. The number of benzene rings is 1. The Labute approximate surface area is 109 Å². The number of thioether (sulfide) groups is 1. The van der Waals surface area contributed by atoms with E-state index in [9.17, 15) is 9.59 Å². The van der Waals surface area contributed by atoms with E-state index in [-0.39, 0.29) is 5.91 Å². The first-order chi connectivity index (χ1) is 8.49. The van der Waals surface area contributed by atoms with Gasteiger partial charge in [0, 0.05) is 24.1 Å². The van der Waals surface area contributed by atoms with Gasteiger partial charge in [0.25, 0.3) is 0 Å². The van der Waals surface area contributed by atoms with Gasteiger partial charge >= 0.3 is 5.97 Å². The van der Waals surface area contributed by atoms with Crippen LogP contribution in [-0.4, -0.2) is 28.9 Å². The highest BCUT2D eigenvalue weighted by atomic mass is 32.2. The predicted octanol–water partition coefficient (Wildman–Crippen LogP) is 1.06. The van der Waals surface area contributed by atoms with Crippen molar-refractivity contribution in [2.24, 2.45) is 5.73 Å². The second kappa shape index (κ2) is 4.99. The van der Waals surface area contributed by atoms with Crippen LogP contribution in [0.5, 0.6) is 0 Å². The molecule has 1 atom stereocenters. The summed E-state index contributed by atoms with van der Waals surface area (Å²) in [4.78, 5) is 24.6. The van der Waals surface area contributed by atoms with Gasteiger partial charge < -0.3 is 15.7 Å². The molecule has 1 aliphatic rings. The van der Waals surface area contributed by atoms with Crippen LogP contribution in [0, 0.1) is 0 Å². The average molecular weight is 266 g/mol. The molecule has 0 spiro atoms. The first-order valence-electron chi connectivity index (χ1n) is 5.55. The molecule has 2 rings (SSSR count). The fraction of sp³-hybridized carbons (Fsp3) is 0.333. The summed E-state index contributed by atoms with van der Waals surface area (Å²) in [5.41, 5.74) is 7.44. The topological polar surface area (TPSA) is 83.6 Å². The lowest BCUT2D eigenvalue weighted by atomic mass is 10.2. The maximum absolute atomic E-state index is 11.4. The van der Waals surface area contributed by atoms with Gasteiger partial charge in [-0.3, -0.25) is 4.79 Å². The molecule has 1 aromatic rings. The zero-order valence-electron chi connectivity index (χ0n) is 9.92. The number of nitrogens with zero attached hydrogens (tertiary/aromatic N) is 1. The molecule has 0 aromatic heterocycles. The van der Waals surface area contributed by atoms with E-state index in [0.717, 1.165) is 34.3 Å². The first-order valence-corrected chi connectivity index (χ1v) is 6.43. The number of carbonyl (C=O) groups is 2. The van der Waals surface area contributed by atoms with Crippen LogP contribution in [0.4, 0.5) is 5.69 Å². The molecule has 96 valence electrons. The largest absolute Gasteiger partial charge is 0.479 e. The van der Waals surface area contributed by atoms with Crippen molar-refractivity contribution in [3.8, 4) is 0 Å². The molecule has 0 bridgehead atoms. The molecule has 0 saturated heterocycles. The SMILES string of the molecule is CC(=O)N1CCc2cc(SC(N)C(=O)O)ccc21. The second-order valence-electron chi connectivity index (χ2n) is 4.09. The van der Waals surface area contributed by atoms with Crippen molar-refractivity contribution >= 4 is 29.3 Å². The van der Waals surface area contributed by atoms with Crippen molar-refractivity contribution in [2.75, 3.05) is 11.4 Å². The first kappa shape index (κ1) is 12.9. The Hall–Kier alpha value is -1.53. The number of carbonyl (C=O) groups excluding carboxylic acids is 1. The van der Waals surface area contributed by atoms with E-state index in [1.54, 1.807) is 11.0 Å². The maximum Gasteiger partial charge on any atom is 0.331 e. The third-order valence-electron chi connectivity index (χ3n) is 2.83. The van der Waals surface area contributed by atoms with Crippen molar-refractivity contribution < 1.29 is 14.7 Å². The number of hydrogen-bond acceptors (Lipinski definition) is 4. The van der Waals surface area contributed by atoms with E-state index in [0.29, 0.717) is 6.54 Å². The van der Waals surface area contributed by atoms with Gasteiger partial charge in [0.05, 0.1) is 0 Å². The number of carboxylic acids is 1. The van der Waals surface area contributed by atoms with Gasteiger partial charge in [-0.2, -0.15) is 0 Å². The highest BCUT2D eigenvalue weighted by Gasteiger charge is 2.23. The van der Waals surface area contributed by atoms with Crippen LogP contribution in [0.2, 0.25) is 0 Å². The van der Waals surface area contributed by atoms with Gasteiger partial charge in [-0.15, -0.1) is 0 Å². The van der Waals surface area contributed by atoms with E-state index < -0.39 is 11.3 Å². The van der Waals surface area contributed by atoms with Crippen molar-refractivity contribution in [1.29, 1.82) is 0 Å². The molecule has 0 fully saturated rings. The van der Waals surface area contributed by atoms with Crippen LogP contribution in [0.15, 0.2) is 23.1 Å². The third-order valence-corrected chi connectivity index (χ3v) is 3.81. The highest BCUT2D eigenvalue weighted by molar-refractivity contribution is 8.00. The van der Waals surface area contributed by atoms with Gasteiger partial charge in [-0.05, 0) is 30.2 Å². The Kier molecular flexibility index (Phi) is 3.58. The fourth-order valence-electron chi connectivity index (χ4n) is 1.98. The van der Waals surface area contributed by atoms with Crippen molar-refractivity contribution in [3.63, 3.8) is 0 Å². The van der Waals surface area contributed by atoms with E-state index in [4.69, 9.17) is 10.8 Å². The number of carboxylic acid groups (broad SMARTS) is 1. The standard InChI is InChI=1S/C12H14N2O3S/c1-7(15)14-5-4-8-6-9(2-3-10(8)14)18-11(13)12(16)17/h2-3,6,11H,4-5,13H2,1H3,(H,16,17). The van der Waals surface area contributed by atoms with Gasteiger partial charge in [-0.25, -0.2) is 4.79 Å². The summed E-state index contributed by atoms with van der Waals surface area (Å²) in [6, 6.07) is 5.56. The minimum absolute atomic E-state index is 0.0244. The molecule has 0 saturated carbocycles. The van der Waals surface area contributed by atoms with Gasteiger partial charge in [-0.1, -0.05) is 11.8 Å². The fourth-order valence-corrected chi connectivity index (χ4v) is 2.73. The van der Waals surface area contributed by atoms with Gasteiger partial charge in [0.1, 0.15) is 0 Å². The lowest BCUT2D eigenvalue weighted by molar-refractivity contribution is -0.136. The van der Waals surface area contributed by atoms with Gasteiger partial charge in [0.2, 0.25) is 5.91 Å². The normalized spacial score (nSPS) is 15.3. The molecular weight excluding hydrogens is 252 g/mol. The summed E-state index contributed by atoms with van der Waals surface area (Å²) in [6.45, 7) is 2.22. The highest BCUT2D eigenvalue weighted by Crippen LogP contribution is 2.32. The van der Waals surface area contributed by atoms with Crippen molar-refractivity contribution in [3.05, 3.63) is 23.8 Å². The summed E-state index contributed by atoms with van der Waals surface area (Å²) in [5.74, 6) is -1.01. The molecule has 0 aliphatic carbocycles. The smallest absolute Gasteiger partial charge is 0.331 e. The van der Waals surface area contributed by atoms with Crippen molar-refractivity contribution in [2.45, 2.75) is 23.6 Å². The van der Waals surface area contributed by atoms with Crippen LogP contribution < -0.4 is 10.6 Å². The molecule has 1 amide bonds.